The quantitative estimate of drug-likeness (QED) is 0.289. The highest BCUT2D eigenvalue weighted by Crippen LogP contribution is 2.47. The number of amides is 4. The fourth-order valence-electron chi connectivity index (χ4n) is 7.01. The van der Waals surface area contributed by atoms with Gasteiger partial charge in [-0.05, 0) is 83.4 Å². The SMILES string of the molecule is CCC(=O)NCCN1C(=O)C2(CCC2)Oc2cc(C)c(C(=O)N(C(C)C)[C@@H]3CCCN(C(=O)OC(C)OC(=O)C4CCOCC4)C3)cc21. The lowest BCUT2D eigenvalue weighted by Crippen LogP contribution is -2.61. The van der Waals surface area contributed by atoms with Gasteiger partial charge >= 0.3 is 12.1 Å². The van der Waals surface area contributed by atoms with Crippen molar-refractivity contribution in [2.24, 2.45) is 5.92 Å². The highest BCUT2D eigenvalue weighted by atomic mass is 16.7. The third kappa shape index (κ3) is 7.55. The first kappa shape index (κ1) is 35.4. The van der Waals surface area contributed by atoms with Gasteiger partial charge in [-0.3, -0.25) is 19.2 Å². The van der Waals surface area contributed by atoms with Crippen LogP contribution < -0.4 is 15.0 Å². The molecule has 1 spiro atoms. The van der Waals surface area contributed by atoms with Gasteiger partial charge in [0.25, 0.3) is 11.8 Å². The Hall–Kier alpha value is -3.87. The van der Waals surface area contributed by atoms with Crippen LogP contribution in [0.2, 0.25) is 0 Å². The minimum absolute atomic E-state index is 0.0995. The highest BCUT2D eigenvalue weighted by molar-refractivity contribution is 6.05. The lowest BCUT2D eigenvalue weighted by Gasteiger charge is -2.47. The van der Waals surface area contributed by atoms with Crippen LogP contribution in [0, 0.1) is 12.8 Å². The maximum absolute atomic E-state index is 14.4. The number of benzene rings is 1. The Bertz CT molecular complexity index is 1390. The maximum Gasteiger partial charge on any atom is 0.412 e. The molecule has 1 N–H and O–H groups in total. The molecule has 3 fully saturated rings. The second-order valence-corrected chi connectivity index (χ2v) is 13.6. The first-order chi connectivity index (χ1) is 22.9. The average molecular weight is 671 g/mol. The zero-order valence-electron chi connectivity index (χ0n) is 28.9. The number of nitrogens with zero attached hydrogens (tertiary/aromatic N) is 3. The third-order valence-electron chi connectivity index (χ3n) is 9.85. The number of aryl methyl sites for hydroxylation is 1. The van der Waals surface area contributed by atoms with E-state index in [9.17, 15) is 24.0 Å². The van der Waals surface area contributed by atoms with Crippen molar-refractivity contribution in [3.05, 3.63) is 23.3 Å². The molecule has 1 saturated carbocycles. The predicted octanol–water partition coefficient (Wildman–Crippen LogP) is 3.94. The number of carbonyl (C=O) groups excluding carboxylic acids is 5. The van der Waals surface area contributed by atoms with Gasteiger partial charge in [0, 0.05) is 64.3 Å². The molecule has 5 rings (SSSR count). The topological polar surface area (TPSA) is 144 Å². The van der Waals surface area contributed by atoms with Gasteiger partial charge in [-0.15, -0.1) is 0 Å². The van der Waals surface area contributed by atoms with Crippen molar-refractivity contribution < 1.29 is 42.9 Å². The molecule has 0 aromatic heterocycles. The molecule has 1 aromatic rings. The minimum Gasteiger partial charge on any atom is -0.475 e. The fraction of sp³-hybridized carbons (Fsp3) is 0.686. The summed E-state index contributed by atoms with van der Waals surface area (Å²) < 4.78 is 22.5. The number of fused-ring (bicyclic) bond motifs is 1. The molecule has 13 heteroatoms. The van der Waals surface area contributed by atoms with Gasteiger partial charge in [0.05, 0.1) is 17.6 Å². The lowest BCUT2D eigenvalue weighted by atomic mass is 9.77. The van der Waals surface area contributed by atoms with Crippen LogP contribution in [0.3, 0.4) is 0 Å². The van der Waals surface area contributed by atoms with Crippen molar-refractivity contribution in [2.45, 2.75) is 110 Å². The Labute approximate surface area is 282 Å². The lowest BCUT2D eigenvalue weighted by molar-refractivity contribution is -0.174. The molecule has 13 nitrogen and oxygen atoms in total. The van der Waals surface area contributed by atoms with E-state index in [1.165, 1.54) is 6.92 Å². The molecule has 2 atom stereocenters. The van der Waals surface area contributed by atoms with Crippen LogP contribution in [0.25, 0.3) is 0 Å². The number of anilines is 1. The van der Waals surface area contributed by atoms with E-state index in [-0.39, 0.29) is 55.4 Å². The van der Waals surface area contributed by atoms with Gasteiger partial charge < -0.3 is 39.0 Å². The smallest absolute Gasteiger partial charge is 0.412 e. The zero-order valence-corrected chi connectivity index (χ0v) is 28.9. The summed E-state index contributed by atoms with van der Waals surface area (Å²) in [6, 6.07) is 3.09. The van der Waals surface area contributed by atoms with Gasteiger partial charge in [0.2, 0.25) is 12.2 Å². The molecule has 0 radical (unpaired) electrons. The van der Waals surface area contributed by atoms with Gasteiger partial charge in [0.15, 0.2) is 5.60 Å². The molecule has 1 aliphatic carbocycles. The van der Waals surface area contributed by atoms with Gasteiger partial charge in [-0.2, -0.15) is 0 Å². The van der Waals surface area contributed by atoms with Gasteiger partial charge in [0.1, 0.15) is 5.75 Å². The molecule has 3 heterocycles. The largest absolute Gasteiger partial charge is 0.475 e. The molecule has 4 aliphatic rings. The summed E-state index contributed by atoms with van der Waals surface area (Å²) in [6.07, 6.45) is 3.37. The van der Waals surface area contributed by atoms with E-state index < -0.39 is 24.0 Å². The minimum atomic E-state index is -1.04. The first-order valence-corrected chi connectivity index (χ1v) is 17.4. The van der Waals surface area contributed by atoms with Crippen molar-refractivity contribution in [3.8, 4) is 5.75 Å². The first-order valence-electron chi connectivity index (χ1n) is 17.4. The van der Waals surface area contributed by atoms with E-state index in [2.05, 4.69) is 5.32 Å². The van der Waals surface area contributed by atoms with E-state index in [4.69, 9.17) is 18.9 Å². The van der Waals surface area contributed by atoms with E-state index in [1.807, 2.05) is 26.8 Å². The summed E-state index contributed by atoms with van der Waals surface area (Å²) >= 11 is 0. The number of ether oxygens (including phenoxy) is 4. The second kappa shape index (κ2) is 15.1. The number of likely N-dealkylation sites (tertiary alicyclic amines) is 1. The summed E-state index contributed by atoms with van der Waals surface area (Å²) in [5, 5.41) is 2.85. The van der Waals surface area contributed by atoms with E-state index in [0.717, 1.165) is 12.0 Å². The highest BCUT2D eigenvalue weighted by Gasteiger charge is 2.53. The maximum atomic E-state index is 14.4. The Morgan fingerprint density at radius 3 is 2.44 bits per heavy atom. The third-order valence-corrected chi connectivity index (χ3v) is 9.85. The zero-order chi connectivity index (χ0) is 34.6. The summed E-state index contributed by atoms with van der Waals surface area (Å²) in [5.41, 5.74) is 0.781. The van der Waals surface area contributed by atoms with Crippen molar-refractivity contribution >= 4 is 35.5 Å². The Morgan fingerprint density at radius 2 is 1.79 bits per heavy atom. The number of carbonyl (C=O) groups is 5. The summed E-state index contributed by atoms with van der Waals surface area (Å²) in [7, 11) is 0. The number of piperidine rings is 1. The standard InChI is InChI=1S/C35H50N4O9/c1-6-30(40)36-14-16-38-28-20-27(23(4)19-29(28)48-35(33(38)43)12-8-13-35)31(41)39(22(2)3)26-9-7-15-37(21-26)34(44)47-24(5)46-32(42)25-10-17-45-18-11-25/h19-20,22,24-26H,6-18,21H2,1-5H3,(H,36,40)/t24?,26-/m1/s1. The molecule has 48 heavy (non-hydrogen) atoms. The molecular weight excluding hydrogens is 620 g/mol. The van der Waals surface area contributed by atoms with Crippen LogP contribution in [-0.4, -0.2) is 103 Å². The van der Waals surface area contributed by atoms with Crippen LogP contribution >= 0.6 is 0 Å². The van der Waals surface area contributed by atoms with Crippen molar-refractivity contribution in [1.29, 1.82) is 0 Å². The van der Waals surface area contributed by atoms with Crippen molar-refractivity contribution in [1.82, 2.24) is 15.1 Å². The van der Waals surface area contributed by atoms with Crippen molar-refractivity contribution in [3.63, 3.8) is 0 Å². The number of rotatable bonds is 10. The number of hydrogen-bond donors (Lipinski definition) is 1. The van der Waals surface area contributed by atoms with Gasteiger partial charge in [-0.1, -0.05) is 6.92 Å². The van der Waals surface area contributed by atoms with Gasteiger partial charge in [-0.25, -0.2) is 4.79 Å². The molecular formula is C35H50N4O9. The normalized spacial score (nSPS) is 21.1. The molecule has 0 bridgehead atoms. The predicted molar refractivity (Wildman–Crippen MR) is 176 cm³/mol. The van der Waals surface area contributed by atoms with Crippen LogP contribution in [0.1, 0.15) is 95.0 Å². The fourth-order valence-corrected chi connectivity index (χ4v) is 7.01. The number of nitrogens with one attached hydrogen (secondary N) is 1. The summed E-state index contributed by atoms with van der Waals surface area (Å²) in [5.74, 6) is -0.567. The monoisotopic (exact) mass is 670 g/mol. The van der Waals surface area contributed by atoms with Crippen LogP contribution in [0.15, 0.2) is 12.1 Å². The molecule has 1 unspecified atom stereocenters. The van der Waals surface area contributed by atoms with E-state index in [0.29, 0.717) is 81.7 Å². The number of esters is 1. The average Bonchev–Trinajstić information content (AvgIpc) is 3.04. The van der Waals surface area contributed by atoms with E-state index >= 15 is 0 Å². The summed E-state index contributed by atoms with van der Waals surface area (Å²) in [4.78, 5) is 70.7. The Morgan fingerprint density at radius 1 is 1.06 bits per heavy atom. The second-order valence-electron chi connectivity index (χ2n) is 13.6. The van der Waals surface area contributed by atoms with Crippen LogP contribution in [-0.2, 0) is 28.6 Å². The van der Waals surface area contributed by atoms with Crippen LogP contribution in [0.4, 0.5) is 10.5 Å². The molecule has 264 valence electrons. The molecule has 1 aromatic carbocycles. The van der Waals surface area contributed by atoms with Crippen molar-refractivity contribution in [2.75, 3.05) is 44.3 Å². The van der Waals surface area contributed by atoms with E-state index in [1.54, 1.807) is 27.7 Å². The molecule has 3 aliphatic heterocycles. The summed E-state index contributed by atoms with van der Waals surface area (Å²) in [6.45, 7) is 11.3. The Kier molecular flexibility index (Phi) is 11.2. The Balaban J connectivity index is 1.30. The molecule has 4 amide bonds. The van der Waals surface area contributed by atoms with Crippen LogP contribution in [0.5, 0.6) is 5.75 Å². The molecule has 2 saturated heterocycles. The number of hydrogen-bond acceptors (Lipinski definition) is 9.